The predicted molar refractivity (Wildman–Crippen MR) is 109 cm³/mol. The molecular formula is C21H26FN5O. The van der Waals surface area contributed by atoms with Crippen molar-refractivity contribution in [1.82, 2.24) is 10.3 Å². The van der Waals surface area contributed by atoms with Gasteiger partial charge in [0.1, 0.15) is 11.6 Å². The third kappa shape index (κ3) is 3.20. The van der Waals surface area contributed by atoms with Crippen LogP contribution in [0.15, 0.2) is 30.5 Å². The summed E-state index contributed by atoms with van der Waals surface area (Å²) in [6, 6.07) is 6.84. The van der Waals surface area contributed by atoms with Gasteiger partial charge in [-0.3, -0.25) is 9.80 Å². The number of carbonyl (C=O) groups excluding carboxylic acids is 1. The molecule has 148 valence electrons. The minimum absolute atomic E-state index is 0.0362. The van der Waals surface area contributed by atoms with E-state index in [4.69, 9.17) is 5.73 Å². The number of nitrogens with zero attached hydrogens (tertiary/aromatic N) is 3. The van der Waals surface area contributed by atoms with E-state index in [-0.39, 0.29) is 18.6 Å². The van der Waals surface area contributed by atoms with Gasteiger partial charge in [0.2, 0.25) is 0 Å². The number of urea groups is 1. The average molecular weight is 383 g/mol. The average Bonchev–Trinajstić information content (AvgIpc) is 2.68. The smallest absolute Gasteiger partial charge is 0.329 e. The van der Waals surface area contributed by atoms with Crippen molar-refractivity contribution >= 4 is 23.2 Å². The minimum Gasteiger partial charge on any atom is -0.384 e. The highest BCUT2D eigenvalue weighted by Crippen LogP contribution is 2.38. The standard InChI is InChI=1S/C21H26FN5O/c1-13-5-3-8-17(22)20(13)26-12-14-11-25-19(23)10-18(14)27(21(26)28)16-7-4-6-15(9-16)24-2/h3,5,8,10-11,15-16,24H,4,6-7,9,12H2,1-2H3,(H2,23,25). The van der Waals surface area contributed by atoms with Crippen LogP contribution in [0, 0.1) is 12.7 Å². The van der Waals surface area contributed by atoms with E-state index in [2.05, 4.69) is 10.3 Å². The number of anilines is 3. The third-order valence-corrected chi connectivity index (χ3v) is 5.89. The Bertz CT molecular complexity index is 882. The summed E-state index contributed by atoms with van der Waals surface area (Å²) in [5, 5.41) is 3.34. The maximum atomic E-state index is 14.7. The summed E-state index contributed by atoms with van der Waals surface area (Å²) >= 11 is 0. The fraction of sp³-hybridized carbons (Fsp3) is 0.429. The Morgan fingerprint density at radius 1 is 1.32 bits per heavy atom. The van der Waals surface area contributed by atoms with E-state index in [0.717, 1.165) is 42.5 Å². The van der Waals surface area contributed by atoms with Gasteiger partial charge in [0, 0.05) is 29.9 Å². The number of carbonyl (C=O) groups is 1. The Balaban J connectivity index is 1.79. The molecule has 0 bridgehead atoms. The lowest BCUT2D eigenvalue weighted by atomic mass is 9.89. The predicted octanol–water partition coefficient (Wildman–Crippen LogP) is 3.59. The number of halogens is 1. The summed E-state index contributed by atoms with van der Waals surface area (Å²) < 4.78 is 14.7. The van der Waals surface area contributed by atoms with Gasteiger partial charge in [0.15, 0.2) is 0 Å². The summed E-state index contributed by atoms with van der Waals surface area (Å²) in [6.45, 7) is 2.10. The van der Waals surface area contributed by atoms with Crippen LogP contribution in [0.2, 0.25) is 0 Å². The van der Waals surface area contributed by atoms with E-state index in [1.807, 2.05) is 24.9 Å². The molecule has 0 saturated heterocycles. The summed E-state index contributed by atoms with van der Waals surface area (Å²) in [7, 11) is 1.95. The number of rotatable bonds is 3. The second-order valence-corrected chi connectivity index (χ2v) is 7.69. The largest absolute Gasteiger partial charge is 0.384 e. The lowest BCUT2D eigenvalue weighted by molar-refractivity contribution is 0.242. The van der Waals surface area contributed by atoms with E-state index >= 15 is 0 Å². The number of pyridine rings is 1. The van der Waals surface area contributed by atoms with Crippen molar-refractivity contribution in [2.45, 2.75) is 51.2 Å². The maximum Gasteiger partial charge on any atom is 0.329 e. The normalized spacial score (nSPS) is 22.3. The van der Waals surface area contributed by atoms with Crippen LogP contribution in [0.5, 0.6) is 0 Å². The number of fused-ring (bicyclic) bond motifs is 1. The molecule has 7 heteroatoms. The van der Waals surface area contributed by atoms with E-state index in [9.17, 15) is 9.18 Å². The molecule has 2 aromatic rings. The zero-order valence-electron chi connectivity index (χ0n) is 16.3. The molecule has 0 spiro atoms. The summed E-state index contributed by atoms with van der Waals surface area (Å²) in [5.41, 5.74) is 8.67. The van der Waals surface area contributed by atoms with E-state index in [1.54, 1.807) is 18.3 Å². The van der Waals surface area contributed by atoms with E-state index in [1.165, 1.54) is 11.0 Å². The van der Waals surface area contributed by atoms with Crippen LogP contribution < -0.4 is 20.9 Å². The Labute approximate surface area is 164 Å². The molecule has 4 rings (SSSR count). The van der Waals surface area contributed by atoms with Crippen LogP contribution in [0.25, 0.3) is 0 Å². The number of para-hydroxylation sites is 1. The molecule has 1 aliphatic carbocycles. The van der Waals surface area contributed by atoms with Crippen LogP contribution in [-0.4, -0.2) is 30.1 Å². The Morgan fingerprint density at radius 3 is 2.89 bits per heavy atom. The zero-order chi connectivity index (χ0) is 19.8. The monoisotopic (exact) mass is 383 g/mol. The first-order valence-corrected chi connectivity index (χ1v) is 9.77. The number of hydrogen-bond acceptors (Lipinski definition) is 4. The van der Waals surface area contributed by atoms with Crippen molar-refractivity contribution in [3.63, 3.8) is 0 Å². The molecule has 1 aromatic heterocycles. The van der Waals surface area contributed by atoms with Crippen LogP contribution in [0.3, 0.4) is 0 Å². The molecule has 2 unspecified atom stereocenters. The zero-order valence-corrected chi connectivity index (χ0v) is 16.3. The number of aryl methyl sites for hydroxylation is 1. The van der Waals surface area contributed by atoms with Gasteiger partial charge in [-0.2, -0.15) is 0 Å². The molecular weight excluding hydrogens is 357 g/mol. The van der Waals surface area contributed by atoms with Gasteiger partial charge < -0.3 is 11.1 Å². The minimum atomic E-state index is -0.392. The lowest BCUT2D eigenvalue weighted by Gasteiger charge is -2.44. The molecule has 2 aliphatic rings. The third-order valence-electron chi connectivity index (χ3n) is 5.89. The molecule has 1 aromatic carbocycles. The molecule has 28 heavy (non-hydrogen) atoms. The van der Waals surface area contributed by atoms with Crippen LogP contribution >= 0.6 is 0 Å². The van der Waals surface area contributed by atoms with Crippen molar-refractivity contribution < 1.29 is 9.18 Å². The molecule has 2 heterocycles. The van der Waals surface area contributed by atoms with Crippen LogP contribution in [-0.2, 0) is 6.54 Å². The number of amides is 2. The fourth-order valence-electron chi connectivity index (χ4n) is 4.46. The molecule has 2 atom stereocenters. The highest BCUT2D eigenvalue weighted by Gasteiger charge is 2.39. The second kappa shape index (κ2) is 7.39. The van der Waals surface area contributed by atoms with Gasteiger partial charge >= 0.3 is 6.03 Å². The number of aromatic nitrogens is 1. The molecule has 3 N–H and O–H groups in total. The van der Waals surface area contributed by atoms with Crippen molar-refractivity contribution in [3.05, 3.63) is 47.4 Å². The van der Waals surface area contributed by atoms with Gasteiger partial charge in [0.05, 0.1) is 17.9 Å². The Morgan fingerprint density at radius 2 is 2.14 bits per heavy atom. The quantitative estimate of drug-likeness (QED) is 0.849. The number of hydrogen-bond donors (Lipinski definition) is 2. The van der Waals surface area contributed by atoms with Crippen molar-refractivity contribution in [2.24, 2.45) is 0 Å². The van der Waals surface area contributed by atoms with Crippen molar-refractivity contribution in [3.8, 4) is 0 Å². The molecule has 2 amide bonds. The number of nitrogens with one attached hydrogen (secondary N) is 1. The highest BCUT2D eigenvalue weighted by atomic mass is 19.1. The fourth-order valence-corrected chi connectivity index (χ4v) is 4.46. The van der Waals surface area contributed by atoms with Crippen molar-refractivity contribution in [2.75, 3.05) is 22.6 Å². The highest BCUT2D eigenvalue weighted by molar-refractivity contribution is 6.07. The van der Waals surface area contributed by atoms with Gasteiger partial charge in [-0.05, 0) is 51.3 Å². The van der Waals surface area contributed by atoms with Gasteiger partial charge in [-0.15, -0.1) is 0 Å². The molecule has 1 fully saturated rings. The maximum absolute atomic E-state index is 14.7. The van der Waals surface area contributed by atoms with Crippen LogP contribution in [0.4, 0.5) is 26.4 Å². The molecule has 6 nitrogen and oxygen atoms in total. The topological polar surface area (TPSA) is 74.5 Å². The second-order valence-electron chi connectivity index (χ2n) is 7.69. The first kappa shape index (κ1) is 18.7. The first-order chi connectivity index (χ1) is 13.5. The summed E-state index contributed by atoms with van der Waals surface area (Å²) in [4.78, 5) is 21.2. The number of benzene rings is 1. The number of nitrogen functional groups attached to an aromatic ring is 1. The lowest BCUT2D eigenvalue weighted by Crippen LogP contribution is -2.54. The summed E-state index contributed by atoms with van der Waals surface area (Å²) in [5.74, 6) is -0.00931. The van der Waals surface area contributed by atoms with E-state index in [0.29, 0.717) is 17.5 Å². The van der Waals surface area contributed by atoms with E-state index < -0.39 is 5.82 Å². The number of nitrogens with two attached hydrogens (primary N) is 1. The first-order valence-electron chi connectivity index (χ1n) is 9.77. The Hall–Kier alpha value is -2.67. The van der Waals surface area contributed by atoms with Gasteiger partial charge in [-0.1, -0.05) is 12.1 Å². The van der Waals surface area contributed by atoms with Crippen LogP contribution in [0.1, 0.15) is 36.8 Å². The molecule has 1 saturated carbocycles. The summed E-state index contributed by atoms with van der Waals surface area (Å²) in [6.07, 6.45) is 5.60. The van der Waals surface area contributed by atoms with Gasteiger partial charge in [0.25, 0.3) is 0 Å². The SMILES string of the molecule is CNC1CCCC(N2C(=O)N(c3c(C)cccc3F)Cc3cnc(N)cc32)C1. The van der Waals surface area contributed by atoms with Crippen molar-refractivity contribution in [1.29, 1.82) is 0 Å². The molecule has 0 radical (unpaired) electrons. The Kier molecular flexibility index (Phi) is 4.93. The van der Waals surface area contributed by atoms with Gasteiger partial charge in [-0.25, -0.2) is 14.2 Å². The molecule has 1 aliphatic heterocycles.